The standard InChI is InChI=1S/C26H23F3N4O4S/c1-13-4-9-16-19(10-13)38-24(21(16)25(35)37-3)32-23(34)17-12-30-33-20(26(27,28)29)11-18(31-22(17)33)14-5-7-15(36-2)8-6-14/h5-8,11-13H,4,9-10H2,1-3H3,(H,32,34)/t13-/m0/s1. The molecule has 0 bridgehead atoms. The molecule has 198 valence electrons. The van der Waals surface area contributed by atoms with Crippen molar-refractivity contribution in [3.05, 3.63) is 63.8 Å². The molecule has 4 aromatic rings. The number of esters is 1. The maximum atomic E-state index is 14.0. The number of methoxy groups -OCH3 is 2. The number of carbonyl (C=O) groups excluding carboxylic acids is 2. The molecular formula is C26H23F3N4O4S. The van der Waals surface area contributed by atoms with Crippen molar-refractivity contribution in [3.63, 3.8) is 0 Å². The Labute approximate surface area is 219 Å². The summed E-state index contributed by atoms with van der Waals surface area (Å²) >= 11 is 1.28. The first kappa shape index (κ1) is 25.7. The number of fused-ring (bicyclic) bond motifs is 2. The van der Waals surface area contributed by atoms with Gasteiger partial charge in [-0.15, -0.1) is 11.3 Å². The van der Waals surface area contributed by atoms with E-state index in [2.05, 4.69) is 22.3 Å². The Balaban J connectivity index is 1.59. The van der Waals surface area contributed by atoms with Gasteiger partial charge in [-0.2, -0.15) is 18.3 Å². The van der Waals surface area contributed by atoms with Crippen molar-refractivity contribution in [2.75, 3.05) is 19.5 Å². The monoisotopic (exact) mass is 544 g/mol. The summed E-state index contributed by atoms with van der Waals surface area (Å²) in [5.74, 6) is -0.350. The molecule has 0 spiro atoms. The van der Waals surface area contributed by atoms with Crippen molar-refractivity contribution in [3.8, 4) is 17.0 Å². The summed E-state index contributed by atoms with van der Waals surface area (Å²) in [7, 11) is 2.74. The van der Waals surface area contributed by atoms with Gasteiger partial charge in [0.1, 0.15) is 16.3 Å². The quantitative estimate of drug-likeness (QED) is 0.327. The summed E-state index contributed by atoms with van der Waals surface area (Å²) in [5.41, 5.74) is 0.0287. The fourth-order valence-corrected chi connectivity index (χ4v) is 5.96. The average molecular weight is 545 g/mol. The van der Waals surface area contributed by atoms with Crippen LogP contribution in [0.25, 0.3) is 16.9 Å². The van der Waals surface area contributed by atoms with E-state index in [0.717, 1.165) is 35.5 Å². The number of anilines is 1. The normalized spacial score (nSPS) is 15.3. The van der Waals surface area contributed by atoms with Gasteiger partial charge in [0.2, 0.25) is 0 Å². The first-order valence-corrected chi connectivity index (χ1v) is 12.6. The number of hydrogen-bond acceptors (Lipinski definition) is 7. The molecule has 3 heterocycles. The molecule has 3 aromatic heterocycles. The van der Waals surface area contributed by atoms with E-state index < -0.39 is 23.7 Å². The lowest BCUT2D eigenvalue weighted by atomic mass is 9.88. The summed E-state index contributed by atoms with van der Waals surface area (Å²) in [4.78, 5) is 31.3. The van der Waals surface area contributed by atoms with Crippen LogP contribution in [0.1, 0.15) is 50.2 Å². The lowest BCUT2D eigenvalue weighted by Crippen LogP contribution is -2.17. The van der Waals surface area contributed by atoms with Crippen LogP contribution in [0, 0.1) is 5.92 Å². The van der Waals surface area contributed by atoms with Gasteiger partial charge in [-0.05, 0) is 61.1 Å². The molecule has 0 saturated heterocycles. The predicted molar refractivity (Wildman–Crippen MR) is 135 cm³/mol. The Hall–Kier alpha value is -3.93. The summed E-state index contributed by atoms with van der Waals surface area (Å²) in [6.07, 6.45) is -1.39. The largest absolute Gasteiger partial charge is 0.497 e. The number of ether oxygens (including phenoxy) is 2. The number of aromatic nitrogens is 3. The molecule has 1 aliphatic carbocycles. The predicted octanol–water partition coefficient (Wildman–Crippen LogP) is 5.65. The lowest BCUT2D eigenvalue weighted by Gasteiger charge is -2.18. The molecule has 5 rings (SSSR count). The SMILES string of the molecule is COC(=O)c1c(NC(=O)c2cnn3c(C(F)(F)F)cc(-c4ccc(OC)cc4)nc23)sc2c1CC[C@H](C)C2. The van der Waals surface area contributed by atoms with E-state index in [1.165, 1.54) is 25.6 Å². The average Bonchev–Trinajstić information content (AvgIpc) is 3.47. The van der Waals surface area contributed by atoms with E-state index in [9.17, 15) is 22.8 Å². The highest BCUT2D eigenvalue weighted by molar-refractivity contribution is 7.17. The Morgan fingerprint density at radius 3 is 2.58 bits per heavy atom. The molecule has 1 aliphatic rings. The van der Waals surface area contributed by atoms with Crippen LogP contribution in [0.2, 0.25) is 0 Å². The number of amides is 1. The smallest absolute Gasteiger partial charge is 0.433 e. The summed E-state index contributed by atoms with van der Waals surface area (Å²) in [6, 6.07) is 7.24. The second-order valence-electron chi connectivity index (χ2n) is 9.05. The topological polar surface area (TPSA) is 94.8 Å². The minimum absolute atomic E-state index is 0.0119. The number of carbonyl (C=O) groups is 2. The van der Waals surface area contributed by atoms with Crippen molar-refractivity contribution >= 4 is 33.9 Å². The van der Waals surface area contributed by atoms with Gasteiger partial charge in [0, 0.05) is 10.4 Å². The number of nitrogens with one attached hydrogen (secondary N) is 1. The molecule has 1 aromatic carbocycles. The van der Waals surface area contributed by atoms with Crippen LogP contribution < -0.4 is 10.1 Å². The molecule has 0 aliphatic heterocycles. The van der Waals surface area contributed by atoms with Crippen LogP contribution in [0.15, 0.2) is 36.5 Å². The lowest BCUT2D eigenvalue weighted by molar-refractivity contribution is -0.142. The first-order chi connectivity index (χ1) is 18.1. The Kier molecular flexibility index (Phi) is 6.59. The summed E-state index contributed by atoms with van der Waals surface area (Å²) < 4.78 is 52.6. The van der Waals surface area contributed by atoms with Crippen molar-refractivity contribution in [2.24, 2.45) is 5.92 Å². The molecule has 38 heavy (non-hydrogen) atoms. The molecule has 1 amide bonds. The summed E-state index contributed by atoms with van der Waals surface area (Å²) in [6.45, 7) is 2.11. The van der Waals surface area contributed by atoms with Crippen molar-refractivity contribution in [2.45, 2.75) is 32.4 Å². The summed E-state index contributed by atoms with van der Waals surface area (Å²) in [5, 5.41) is 6.83. The first-order valence-electron chi connectivity index (χ1n) is 11.7. The van der Waals surface area contributed by atoms with Crippen LogP contribution in [0.3, 0.4) is 0 Å². The molecular weight excluding hydrogens is 521 g/mol. The number of hydrogen-bond donors (Lipinski definition) is 1. The van der Waals surface area contributed by atoms with Crippen molar-refractivity contribution in [1.82, 2.24) is 14.6 Å². The molecule has 8 nitrogen and oxygen atoms in total. The van der Waals surface area contributed by atoms with Gasteiger partial charge < -0.3 is 14.8 Å². The number of rotatable bonds is 5. The van der Waals surface area contributed by atoms with E-state index in [1.54, 1.807) is 24.3 Å². The highest BCUT2D eigenvalue weighted by Gasteiger charge is 2.36. The zero-order chi connectivity index (χ0) is 27.2. The number of alkyl halides is 3. The van der Waals surface area contributed by atoms with Crippen LogP contribution in [0.4, 0.5) is 18.2 Å². The van der Waals surface area contributed by atoms with Gasteiger partial charge in [0.05, 0.1) is 31.7 Å². The van der Waals surface area contributed by atoms with Gasteiger partial charge in [-0.25, -0.2) is 14.3 Å². The van der Waals surface area contributed by atoms with Crippen LogP contribution in [0.5, 0.6) is 5.75 Å². The van der Waals surface area contributed by atoms with Gasteiger partial charge in [-0.3, -0.25) is 4.79 Å². The molecule has 0 fully saturated rings. The maximum absolute atomic E-state index is 14.0. The Morgan fingerprint density at radius 1 is 1.18 bits per heavy atom. The third kappa shape index (κ3) is 4.60. The third-order valence-electron chi connectivity index (χ3n) is 6.52. The van der Waals surface area contributed by atoms with Crippen molar-refractivity contribution in [1.29, 1.82) is 0 Å². The van der Waals surface area contributed by atoms with Crippen molar-refractivity contribution < 1.29 is 32.2 Å². The number of thiophene rings is 1. The molecule has 1 N–H and O–H groups in total. The van der Waals surface area contributed by atoms with E-state index in [4.69, 9.17) is 9.47 Å². The fourth-order valence-electron chi connectivity index (χ4n) is 4.56. The van der Waals surface area contributed by atoms with E-state index in [-0.39, 0.29) is 22.5 Å². The van der Waals surface area contributed by atoms with Crippen LogP contribution in [-0.4, -0.2) is 40.7 Å². The number of halogens is 3. The fraction of sp³-hybridized carbons (Fsp3) is 0.308. The zero-order valence-electron chi connectivity index (χ0n) is 20.7. The molecule has 1 atom stereocenters. The Bertz CT molecular complexity index is 1540. The van der Waals surface area contributed by atoms with Crippen LogP contribution in [-0.2, 0) is 23.8 Å². The van der Waals surface area contributed by atoms with Gasteiger partial charge in [0.25, 0.3) is 5.91 Å². The van der Waals surface area contributed by atoms with E-state index in [1.807, 2.05) is 0 Å². The van der Waals surface area contributed by atoms with Gasteiger partial charge >= 0.3 is 12.1 Å². The number of benzene rings is 1. The highest BCUT2D eigenvalue weighted by atomic mass is 32.1. The maximum Gasteiger partial charge on any atom is 0.433 e. The van der Waals surface area contributed by atoms with Gasteiger partial charge in [-0.1, -0.05) is 6.92 Å². The second-order valence-corrected chi connectivity index (χ2v) is 10.2. The third-order valence-corrected chi connectivity index (χ3v) is 7.69. The highest BCUT2D eigenvalue weighted by Crippen LogP contribution is 2.40. The molecule has 0 saturated carbocycles. The minimum atomic E-state index is -4.76. The number of nitrogens with zero attached hydrogens (tertiary/aromatic N) is 3. The minimum Gasteiger partial charge on any atom is -0.497 e. The Morgan fingerprint density at radius 2 is 1.92 bits per heavy atom. The molecule has 0 radical (unpaired) electrons. The van der Waals surface area contributed by atoms with E-state index >= 15 is 0 Å². The molecule has 12 heteroatoms. The van der Waals surface area contributed by atoms with E-state index in [0.29, 0.717) is 33.2 Å². The zero-order valence-corrected chi connectivity index (χ0v) is 21.5. The second kappa shape index (κ2) is 9.75. The molecule has 0 unspecified atom stereocenters. The van der Waals surface area contributed by atoms with Gasteiger partial charge in [0.15, 0.2) is 11.3 Å². The van der Waals surface area contributed by atoms with Crippen LogP contribution >= 0.6 is 11.3 Å².